The summed E-state index contributed by atoms with van der Waals surface area (Å²) in [5.41, 5.74) is 2.63. The number of nitro groups is 1. The summed E-state index contributed by atoms with van der Waals surface area (Å²) in [6, 6.07) is 9.55. The maximum absolute atomic E-state index is 13.4. The molecule has 0 bridgehead atoms. The molecule has 1 N–H and O–H groups in total. The van der Waals surface area contributed by atoms with Crippen molar-refractivity contribution in [3.63, 3.8) is 0 Å². The molecule has 0 saturated heterocycles. The molecular formula is C24H24N2O7. The molecule has 2 aromatic rings. The fourth-order valence-corrected chi connectivity index (χ4v) is 4.45. The van der Waals surface area contributed by atoms with Gasteiger partial charge in [0.2, 0.25) is 0 Å². The number of furan rings is 1. The van der Waals surface area contributed by atoms with Crippen LogP contribution in [0.25, 0.3) is 0 Å². The number of nitro benzene ring substituents is 1. The Balaban J connectivity index is 1.76. The normalized spacial score (nSPS) is 20.4. The van der Waals surface area contributed by atoms with E-state index in [1.54, 1.807) is 31.4 Å². The average Bonchev–Trinajstić information content (AvgIpc) is 3.33. The van der Waals surface area contributed by atoms with Crippen molar-refractivity contribution in [3.05, 3.63) is 86.6 Å². The van der Waals surface area contributed by atoms with Gasteiger partial charge in [0.15, 0.2) is 5.78 Å². The maximum Gasteiger partial charge on any atom is 0.336 e. The van der Waals surface area contributed by atoms with E-state index in [1.165, 1.54) is 19.2 Å². The first-order valence-corrected chi connectivity index (χ1v) is 10.6. The number of non-ortho nitro benzene ring substituents is 1. The Morgan fingerprint density at radius 3 is 2.61 bits per heavy atom. The molecule has 2 heterocycles. The lowest BCUT2D eigenvalue weighted by molar-refractivity contribution is -0.384. The number of nitrogens with one attached hydrogen (secondary N) is 1. The topological polar surface area (TPSA) is 121 Å². The number of rotatable bonds is 7. The number of dihydropyridines is 1. The van der Waals surface area contributed by atoms with E-state index in [1.807, 2.05) is 6.07 Å². The molecule has 1 aromatic carbocycles. The van der Waals surface area contributed by atoms with E-state index in [2.05, 4.69) is 5.32 Å². The molecule has 4 rings (SSSR count). The Hall–Kier alpha value is -3.72. The molecular weight excluding hydrogens is 428 g/mol. The molecule has 9 heteroatoms. The third-order valence-electron chi connectivity index (χ3n) is 5.95. The van der Waals surface area contributed by atoms with Crippen molar-refractivity contribution in [2.75, 3.05) is 20.3 Å². The third kappa shape index (κ3) is 4.45. The summed E-state index contributed by atoms with van der Waals surface area (Å²) in [4.78, 5) is 37.1. The Morgan fingerprint density at radius 1 is 1.21 bits per heavy atom. The second-order valence-corrected chi connectivity index (χ2v) is 8.01. The van der Waals surface area contributed by atoms with Crippen LogP contribution in [-0.2, 0) is 19.1 Å². The van der Waals surface area contributed by atoms with Crippen LogP contribution in [0, 0.1) is 10.1 Å². The fraction of sp³-hybridized carbons (Fsp3) is 0.333. The number of ketones is 1. The first-order chi connectivity index (χ1) is 15.9. The first-order valence-electron chi connectivity index (χ1n) is 10.6. The van der Waals surface area contributed by atoms with Crippen LogP contribution in [0.5, 0.6) is 0 Å². The number of Topliss-reactive ketones (excluding diaryl/α,β-unsaturated/α-hetero) is 1. The quantitative estimate of drug-likeness (QED) is 0.292. The van der Waals surface area contributed by atoms with Crippen molar-refractivity contribution < 1.29 is 28.4 Å². The zero-order chi connectivity index (χ0) is 23.5. The van der Waals surface area contributed by atoms with E-state index in [0.717, 1.165) is 11.5 Å². The monoisotopic (exact) mass is 452 g/mol. The molecule has 2 atom stereocenters. The average molecular weight is 452 g/mol. The van der Waals surface area contributed by atoms with Crippen molar-refractivity contribution in [2.24, 2.45) is 0 Å². The zero-order valence-corrected chi connectivity index (χ0v) is 18.3. The molecule has 0 saturated carbocycles. The Bertz CT molecular complexity index is 1130. The Morgan fingerprint density at radius 2 is 1.97 bits per heavy atom. The van der Waals surface area contributed by atoms with E-state index >= 15 is 0 Å². The van der Waals surface area contributed by atoms with Crippen LogP contribution < -0.4 is 5.32 Å². The summed E-state index contributed by atoms with van der Waals surface area (Å²) in [6.45, 7) is 2.07. The second kappa shape index (κ2) is 9.41. The number of carbonyl (C=O) groups excluding carboxylic acids is 2. The molecule has 0 unspecified atom stereocenters. The lowest BCUT2D eigenvalue weighted by atomic mass is 9.72. The van der Waals surface area contributed by atoms with Gasteiger partial charge in [0.1, 0.15) is 12.4 Å². The standard InChI is InChI=1S/C24H24N2O7/c1-14-21(24(28)33-11-10-31-2)22(15-5-7-17(8-6-15)26(29)30)23-18(25-14)12-16(13-19(23)27)20-4-3-9-32-20/h3-9,16,22,25H,10-13H2,1-2H3/t16-,22+/m1/s1. The van der Waals surface area contributed by atoms with E-state index in [9.17, 15) is 19.7 Å². The molecule has 1 aliphatic heterocycles. The van der Waals surface area contributed by atoms with Crippen LogP contribution in [0.3, 0.4) is 0 Å². The highest BCUT2D eigenvalue weighted by Crippen LogP contribution is 2.45. The van der Waals surface area contributed by atoms with Crippen molar-refractivity contribution in [1.82, 2.24) is 5.32 Å². The molecule has 2 aliphatic rings. The SMILES string of the molecule is COCCOC(=O)C1=C(C)NC2=C(C(=O)C[C@H](c3ccco3)C2)[C@H]1c1ccc([N+](=O)[O-])cc1. The fourth-order valence-electron chi connectivity index (χ4n) is 4.45. The van der Waals surface area contributed by atoms with Gasteiger partial charge in [-0.25, -0.2) is 4.79 Å². The molecule has 172 valence electrons. The van der Waals surface area contributed by atoms with Crippen LogP contribution in [0.1, 0.15) is 42.9 Å². The minimum absolute atomic E-state index is 0.0690. The molecule has 33 heavy (non-hydrogen) atoms. The number of carbonyl (C=O) groups is 2. The highest BCUT2D eigenvalue weighted by atomic mass is 16.6. The number of hydrogen-bond donors (Lipinski definition) is 1. The van der Waals surface area contributed by atoms with Gasteiger partial charge in [-0.05, 0) is 31.0 Å². The largest absolute Gasteiger partial charge is 0.469 e. The Kier molecular flexibility index (Phi) is 6.41. The molecule has 1 aliphatic carbocycles. The number of nitrogens with zero attached hydrogens (tertiary/aromatic N) is 1. The molecule has 0 radical (unpaired) electrons. The van der Waals surface area contributed by atoms with Gasteiger partial charge < -0.3 is 19.2 Å². The number of ether oxygens (including phenoxy) is 2. The molecule has 0 spiro atoms. The van der Waals surface area contributed by atoms with E-state index in [4.69, 9.17) is 13.9 Å². The van der Waals surface area contributed by atoms with Gasteiger partial charge in [-0.1, -0.05) is 12.1 Å². The summed E-state index contributed by atoms with van der Waals surface area (Å²) in [6.07, 6.45) is 2.36. The number of benzene rings is 1. The Labute approximate surface area is 190 Å². The van der Waals surface area contributed by atoms with E-state index < -0.39 is 16.8 Å². The van der Waals surface area contributed by atoms with Gasteiger partial charge in [0.25, 0.3) is 5.69 Å². The van der Waals surface area contributed by atoms with Gasteiger partial charge in [-0.2, -0.15) is 0 Å². The number of esters is 1. The minimum atomic E-state index is -0.692. The molecule has 0 amide bonds. The van der Waals surface area contributed by atoms with Crippen LogP contribution in [0.2, 0.25) is 0 Å². The number of hydrogen-bond acceptors (Lipinski definition) is 8. The lowest BCUT2D eigenvalue weighted by Crippen LogP contribution is -2.36. The smallest absolute Gasteiger partial charge is 0.336 e. The summed E-state index contributed by atoms with van der Waals surface area (Å²) in [5, 5.41) is 14.4. The summed E-state index contributed by atoms with van der Waals surface area (Å²) < 4.78 is 15.9. The molecule has 0 fully saturated rings. The van der Waals surface area contributed by atoms with Crippen LogP contribution in [0.15, 0.2) is 69.6 Å². The highest BCUT2D eigenvalue weighted by molar-refractivity contribution is 6.04. The molecule has 1 aromatic heterocycles. The first kappa shape index (κ1) is 22.5. The van der Waals surface area contributed by atoms with Gasteiger partial charge in [0.05, 0.1) is 23.4 Å². The van der Waals surface area contributed by atoms with Crippen molar-refractivity contribution in [2.45, 2.75) is 31.6 Å². The maximum atomic E-state index is 13.4. The zero-order valence-electron chi connectivity index (χ0n) is 18.3. The number of allylic oxidation sites excluding steroid dienone is 3. The van der Waals surface area contributed by atoms with Crippen molar-refractivity contribution in [1.29, 1.82) is 0 Å². The lowest BCUT2D eigenvalue weighted by Gasteiger charge is -2.36. The molecule has 9 nitrogen and oxygen atoms in total. The van der Waals surface area contributed by atoms with Gasteiger partial charge in [0, 0.05) is 54.5 Å². The van der Waals surface area contributed by atoms with Gasteiger partial charge in [-0.15, -0.1) is 0 Å². The predicted octanol–water partition coefficient (Wildman–Crippen LogP) is 3.74. The predicted molar refractivity (Wildman–Crippen MR) is 117 cm³/mol. The van der Waals surface area contributed by atoms with E-state index in [0.29, 0.717) is 28.8 Å². The second-order valence-electron chi connectivity index (χ2n) is 8.01. The van der Waals surface area contributed by atoms with Crippen molar-refractivity contribution >= 4 is 17.4 Å². The van der Waals surface area contributed by atoms with Crippen LogP contribution in [0.4, 0.5) is 5.69 Å². The minimum Gasteiger partial charge on any atom is -0.469 e. The summed E-state index contributed by atoms with van der Waals surface area (Å²) in [7, 11) is 1.51. The summed E-state index contributed by atoms with van der Waals surface area (Å²) >= 11 is 0. The van der Waals surface area contributed by atoms with E-state index in [-0.39, 0.29) is 37.0 Å². The van der Waals surface area contributed by atoms with Crippen LogP contribution in [-0.4, -0.2) is 37.0 Å². The van der Waals surface area contributed by atoms with Gasteiger partial charge in [-0.3, -0.25) is 14.9 Å². The third-order valence-corrected chi connectivity index (χ3v) is 5.95. The van der Waals surface area contributed by atoms with Crippen molar-refractivity contribution in [3.8, 4) is 0 Å². The van der Waals surface area contributed by atoms with Crippen LogP contribution >= 0.6 is 0 Å². The highest BCUT2D eigenvalue weighted by Gasteiger charge is 2.42. The summed E-state index contributed by atoms with van der Waals surface area (Å²) in [5.74, 6) is -0.743. The number of methoxy groups -OCH3 is 1. The van der Waals surface area contributed by atoms with Gasteiger partial charge >= 0.3 is 5.97 Å².